The second-order valence-electron chi connectivity index (χ2n) is 7.22. The van der Waals surface area contributed by atoms with E-state index in [4.69, 9.17) is 0 Å². The lowest BCUT2D eigenvalue weighted by molar-refractivity contribution is -0.142. The molecule has 31 heavy (non-hydrogen) atoms. The molecule has 168 valence electrons. The summed E-state index contributed by atoms with van der Waals surface area (Å²) in [5.41, 5.74) is -2.16. The Balaban J connectivity index is 1.88. The van der Waals surface area contributed by atoms with Crippen molar-refractivity contribution in [3.63, 3.8) is 0 Å². The van der Waals surface area contributed by atoms with Crippen LogP contribution in [0.2, 0.25) is 0 Å². The number of nitrogens with one attached hydrogen (secondary N) is 2. The maximum absolute atomic E-state index is 12.9. The van der Waals surface area contributed by atoms with Crippen LogP contribution in [0.15, 0.2) is 40.6 Å². The summed E-state index contributed by atoms with van der Waals surface area (Å²) in [6, 6.07) is 2.90. The normalized spacial score (nSPS) is 17.3. The van der Waals surface area contributed by atoms with Crippen LogP contribution in [0.25, 0.3) is 0 Å². The van der Waals surface area contributed by atoms with Crippen molar-refractivity contribution in [2.24, 2.45) is 15.9 Å². The molecule has 1 atom stereocenters. The Morgan fingerprint density at radius 3 is 2.42 bits per heavy atom. The average Bonchev–Trinajstić information content (AvgIpc) is 3.16. The Hall–Kier alpha value is -3.12. The van der Waals surface area contributed by atoms with E-state index in [1.807, 2.05) is 13.8 Å². The average molecular weight is 447 g/mol. The van der Waals surface area contributed by atoms with Crippen molar-refractivity contribution in [1.82, 2.24) is 20.1 Å². The Kier molecular flexibility index (Phi) is 6.23. The molecule has 2 N–H and O–H groups in total. The summed E-state index contributed by atoms with van der Waals surface area (Å²) < 4.78 is 78.2. The molecular weight excluding hydrogens is 428 g/mol. The molecule has 0 saturated heterocycles. The van der Waals surface area contributed by atoms with Gasteiger partial charge in [0.25, 0.3) is 5.96 Å². The summed E-state index contributed by atoms with van der Waals surface area (Å²) >= 11 is 0. The summed E-state index contributed by atoms with van der Waals surface area (Å²) in [5.74, 6) is 0.240. The molecule has 3 heterocycles. The summed E-state index contributed by atoms with van der Waals surface area (Å²) in [6.45, 7) is 4.00. The smallest absolute Gasteiger partial charge is 0.334 e. The number of rotatable bonds is 4. The molecule has 0 amide bonds. The lowest BCUT2D eigenvalue weighted by atomic mass is 10.1. The highest BCUT2D eigenvalue weighted by molar-refractivity contribution is 6.03. The van der Waals surface area contributed by atoms with Crippen molar-refractivity contribution in [3.8, 4) is 0 Å². The number of halogens is 6. The highest BCUT2D eigenvalue weighted by Crippen LogP contribution is 2.29. The topological polar surface area (TPSA) is 79.5 Å². The summed E-state index contributed by atoms with van der Waals surface area (Å²) in [6.07, 6.45) is -6.48. The van der Waals surface area contributed by atoms with E-state index in [1.165, 1.54) is 6.07 Å². The fraction of sp³-hybridized carbons (Fsp3) is 0.444. The lowest BCUT2D eigenvalue weighted by Gasteiger charge is -2.24. The molecule has 1 aliphatic heterocycles. The molecule has 0 aliphatic carbocycles. The molecule has 1 aliphatic rings. The Morgan fingerprint density at radius 1 is 1.10 bits per heavy atom. The maximum atomic E-state index is 12.9. The molecule has 2 aromatic heterocycles. The molecule has 7 nitrogen and oxygen atoms in total. The molecule has 3 rings (SSSR count). The van der Waals surface area contributed by atoms with Gasteiger partial charge in [0.1, 0.15) is 11.9 Å². The standard InChI is InChI=1S/C18H19F6N7/c1-10(2)3-4-14-27-15(26-11-5-7-25-13(9-11)18(22,23)24)29-16(28-14)31-8-6-12(30-31)17(19,20)21/h5-10,14H,3-4H2,1-2H3,(H2,25,26,27,28,29). The van der Waals surface area contributed by atoms with E-state index in [0.717, 1.165) is 35.6 Å². The predicted molar refractivity (Wildman–Crippen MR) is 101 cm³/mol. The third-order valence-electron chi connectivity index (χ3n) is 4.20. The third-order valence-corrected chi connectivity index (χ3v) is 4.20. The van der Waals surface area contributed by atoms with Gasteiger partial charge in [-0.15, -0.1) is 0 Å². The van der Waals surface area contributed by atoms with Gasteiger partial charge in [-0.3, -0.25) is 4.98 Å². The first-order chi connectivity index (χ1) is 14.4. The largest absolute Gasteiger partial charge is 0.435 e. The van der Waals surface area contributed by atoms with Crippen LogP contribution in [0.3, 0.4) is 0 Å². The number of pyridine rings is 1. The van der Waals surface area contributed by atoms with Crippen LogP contribution in [0.4, 0.5) is 32.0 Å². The minimum Gasteiger partial charge on any atom is -0.334 e. The minimum absolute atomic E-state index is 0.0298. The maximum Gasteiger partial charge on any atom is 0.435 e. The van der Waals surface area contributed by atoms with Gasteiger partial charge >= 0.3 is 12.4 Å². The van der Waals surface area contributed by atoms with E-state index in [0.29, 0.717) is 12.3 Å². The van der Waals surface area contributed by atoms with E-state index < -0.39 is 29.9 Å². The van der Waals surface area contributed by atoms with Crippen LogP contribution in [0.5, 0.6) is 0 Å². The van der Waals surface area contributed by atoms with Gasteiger partial charge in [-0.25, -0.2) is 9.67 Å². The number of hydrogen-bond acceptors (Lipinski definition) is 6. The molecule has 0 fully saturated rings. The van der Waals surface area contributed by atoms with Crippen LogP contribution in [-0.4, -0.2) is 32.8 Å². The van der Waals surface area contributed by atoms with Crippen LogP contribution < -0.4 is 10.6 Å². The van der Waals surface area contributed by atoms with Gasteiger partial charge in [0.05, 0.1) is 0 Å². The second-order valence-corrected chi connectivity index (χ2v) is 7.22. The first kappa shape index (κ1) is 22.6. The molecule has 0 aromatic carbocycles. The van der Waals surface area contributed by atoms with Gasteiger partial charge in [0.15, 0.2) is 5.69 Å². The summed E-state index contributed by atoms with van der Waals surface area (Å²) in [7, 11) is 0. The first-order valence-corrected chi connectivity index (χ1v) is 9.28. The fourth-order valence-corrected chi connectivity index (χ4v) is 2.68. The molecule has 13 heteroatoms. The zero-order valence-corrected chi connectivity index (χ0v) is 16.5. The molecule has 2 aromatic rings. The molecule has 0 radical (unpaired) electrons. The lowest BCUT2D eigenvalue weighted by Crippen LogP contribution is -2.43. The van der Waals surface area contributed by atoms with Crippen LogP contribution in [0.1, 0.15) is 38.1 Å². The highest BCUT2D eigenvalue weighted by Gasteiger charge is 2.34. The van der Waals surface area contributed by atoms with Crippen molar-refractivity contribution in [1.29, 1.82) is 0 Å². The highest BCUT2D eigenvalue weighted by atomic mass is 19.4. The number of guanidine groups is 1. The van der Waals surface area contributed by atoms with Crippen LogP contribution >= 0.6 is 0 Å². The van der Waals surface area contributed by atoms with Crippen molar-refractivity contribution < 1.29 is 26.3 Å². The first-order valence-electron chi connectivity index (χ1n) is 9.28. The zero-order chi connectivity index (χ0) is 22.8. The summed E-state index contributed by atoms with van der Waals surface area (Å²) in [4.78, 5) is 11.7. The van der Waals surface area contributed by atoms with Crippen LogP contribution in [-0.2, 0) is 12.4 Å². The number of aliphatic imine (C=N–C) groups is 2. The Labute approximate surface area is 173 Å². The Bertz CT molecular complexity index is 974. The van der Waals surface area contributed by atoms with Gasteiger partial charge in [0, 0.05) is 18.1 Å². The molecule has 1 unspecified atom stereocenters. The zero-order valence-electron chi connectivity index (χ0n) is 16.5. The van der Waals surface area contributed by atoms with Gasteiger partial charge in [-0.2, -0.15) is 36.4 Å². The van der Waals surface area contributed by atoms with Gasteiger partial charge in [-0.05, 0) is 37.0 Å². The van der Waals surface area contributed by atoms with E-state index >= 15 is 0 Å². The van der Waals surface area contributed by atoms with E-state index in [1.54, 1.807) is 0 Å². The molecular formula is C18H19F6N7. The molecule has 0 bridgehead atoms. The number of hydrogen-bond donors (Lipinski definition) is 2. The third kappa shape index (κ3) is 5.95. The number of anilines is 1. The van der Waals surface area contributed by atoms with Crippen molar-refractivity contribution in [3.05, 3.63) is 42.0 Å². The van der Waals surface area contributed by atoms with E-state index in [2.05, 4.69) is 30.7 Å². The second kappa shape index (κ2) is 8.55. The van der Waals surface area contributed by atoms with E-state index in [-0.39, 0.29) is 17.6 Å². The monoisotopic (exact) mass is 447 g/mol. The number of aromatic nitrogens is 3. The number of nitrogens with zero attached hydrogens (tertiary/aromatic N) is 5. The van der Waals surface area contributed by atoms with Gasteiger partial charge in [-0.1, -0.05) is 13.8 Å². The van der Waals surface area contributed by atoms with Crippen molar-refractivity contribution in [2.45, 2.75) is 45.2 Å². The van der Waals surface area contributed by atoms with Crippen molar-refractivity contribution in [2.75, 3.05) is 5.32 Å². The van der Waals surface area contributed by atoms with Crippen molar-refractivity contribution >= 4 is 17.6 Å². The van der Waals surface area contributed by atoms with Gasteiger partial charge in [0.2, 0.25) is 5.96 Å². The predicted octanol–water partition coefficient (Wildman–Crippen LogP) is 4.35. The number of alkyl halides is 6. The van der Waals surface area contributed by atoms with E-state index in [9.17, 15) is 26.3 Å². The van der Waals surface area contributed by atoms with Gasteiger partial charge < -0.3 is 10.6 Å². The SMILES string of the molecule is CC(C)CCC1N=C(n2ccc(C(F)(F)F)n2)N=C(Nc2ccnc(C(F)(F)F)c2)N1. The fourth-order valence-electron chi connectivity index (χ4n) is 2.68. The Morgan fingerprint density at radius 2 is 1.81 bits per heavy atom. The van der Waals surface area contributed by atoms with Crippen LogP contribution in [0, 0.1) is 5.92 Å². The molecule has 0 spiro atoms. The minimum atomic E-state index is -4.63. The molecule has 0 saturated carbocycles. The summed E-state index contributed by atoms with van der Waals surface area (Å²) in [5, 5.41) is 9.10. The quantitative estimate of drug-likeness (QED) is 0.683.